The van der Waals surface area contributed by atoms with Gasteiger partial charge >= 0.3 is 0 Å². The zero-order valence-electron chi connectivity index (χ0n) is 12.2. The number of para-hydroxylation sites is 2. The van der Waals surface area contributed by atoms with Crippen molar-refractivity contribution in [2.45, 2.75) is 19.9 Å². The van der Waals surface area contributed by atoms with Gasteiger partial charge in [-0.15, -0.1) is 0 Å². The summed E-state index contributed by atoms with van der Waals surface area (Å²) >= 11 is 0. The smallest absolute Gasteiger partial charge is 0.248 e. The second kappa shape index (κ2) is 5.48. The van der Waals surface area contributed by atoms with Gasteiger partial charge in [-0.25, -0.2) is 0 Å². The van der Waals surface area contributed by atoms with E-state index < -0.39 is 0 Å². The Kier molecular flexibility index (Phi) is 3.52. The van der Waals surface area contributed by atoms with E-state index in [0.717, 1.165) is 28.2 Å². The van der Waals surface area contributed by atoms with Crippen molar-refractivity contribution in [1.82, 2.24) is 0 Å². The van der Waals surface area contributed by atoms with E-state index in [1.807, 2.05) is 50.2 Å². The van der Waals surface area contributed by atoms with Gasteiger partial charge in [0.15, 0.2) is 0 Å². The van der Waals surface area contributed by atoms with Crippen LogP contribution in [0.5, 0.6) is 0 Å². The summed E-state index contributed by atoms with van der Waals surface area (Å²) in [6, 6.07) is 13.7. The minimum Gasteiger partial charge on any atom is -0.381 e. The SMILES string of the molecule is Cc1cc(C)cc(NC(=O)C2CNc3ccccc3N2)c1. The molecule has 21 heavy (non-hydrogen) atoms. The lowest BCUT2D eigenvalue weighted by atomic mass is 10.1. The van der Waals surface area contributed by atoms with Crippen LogP contribution in [0.4, 0.5) is 17.1 Å². The average molecular weight is 281 g/mol. The van der Waals surface area contributed by atoms with E-state index in [1.165, 1.54) is 0 Å². The van der Waals surface area contributed by atoms with Crippen LogP contribution in [-0.4, -0.2) is 18.5 Å². The van der Waals surface area contributed by atoms with Gasteiger partial charge in [-0.1, -0.05) is 18.2 Å². The molecular weight excluding hydrogens is 262 g/mol. The summed E-state index contributed by atoms with van der Waals surface area (Å²) in [6.07, 6.45) is 0. The third-order valence-electron chi connectivity index (χ3n) is 3.56. The Morgan fingerprint density at radius 1 is 1.10 bits per heavy atom. The third-order valence-corrected chi connectivity index (χ3v) is 3.56. The van der Waals surface area contributed by atoms with Gasteiger partial charge in [0.05, 0.1) is 11.4 Å². The van der Waals surface area contributed by atoms with Crippen molar-refractivity contribution in [3.05, 3.63) is 53.6 Å². The number of anilines is 3. The molecule has 4 heteroatoms. The summed E-state index contributed by atoms with van der Waals surface area (Å²) < 4.78 is 0. The van der Waals surface area contributed by atoms with E-state index in [1.54, 1.807) is 0 Å². The highest BCUT2D eigenvalue weighted by Crippen LogP contribution is 2.25. The third kappa shape index (κ3) is 2.99. The normalized spacial score (nSPS) is 16.4. The predicted octanol–water partition coefficient (Wildman–Crippen LogP) is 3.15. The highest BCUT2D eigenvalue weighted by Gasteiger charge is 2.23. The molecule has 4 nitrogen and oxygen atoms in total. The van der Waals surface area contributed by atoms with Gasteiger partial charge in [-0.2, -0.15) is 0 Å². The zero-order chi connectivity index (χ0) is 14.8. The number of amides is 1. The van der Waals surface area contributed by atoms with E-state index in [0.29, 0.717) is 6.54 Å². The molecule has 1 unspecified atom stereocenters. The van der Waals surface area contributed by atoms with Gasteiger partial charge in [-0.3, -0.25) is 4.79 Å². The van der Waals surface area contributed by atoms with Crippen molar-refractivity contribution < 1.29 is 4.79 Å². The van der Waals surface area contributed by atoms with Crippen molar-refractivity contribution >= 4 is 23.0 Å². The summed E-state index contributed by atoms with van der Waals surface area (Å²) in [5.74, 6) is -0.0259. The van der Waals surface area contributed by atoms with Crippen LogP contribution in [0.1, 0.15) is 11.1 Å². The summed E-state index contributed by atoms with van der Waals surface area (Å²) in [7, 11) is 0. The van der Waals surface area contributed by atoms with Crippen molar-refractivity contribution in [3.8, 4) is 0 Å². The van der Waals surface area contributed by atoms with E-state index in [9.17, 15) is 4.79 Å². The second-order valence-corrected chi connectivity index (χ2v) is 5.49. The highest BCUT2D eigenvalue weighted by atomic mass is 16.2. The quantitative estimate of drug-likeness (QED) is 0.792. The number of hydrogen-bond donors (Lipinski definition) is 3. The van der Waals surface area contributed by atoms with Crippen LogP contribution in [0, 0.1) is 13.8 Å². The molecule has 2 aromatic rings. The molecule has 2 aromatic carbocycles. The first-order chi connectivity index (χ1) is 10.1. The number of carbonyl (C=O) groups excluding carboxylic acids is 1. The molecule has 1 heterocycles. The van der Waals surface area contributed by atoms with Crippen LogP contribution in [0.3, 0.4) is 0 Å². The maximum Gasteiger partial charge on any atom is 0.248 e. The Bertz CT molecular complexity index is 661. The van der Waals surface area contributed by atoms with Gasteiger partial charge < -0.3 is 16.0 Å². The molecule has 1 atom stereocenters. The summed E-state index contributed by atoms with van der Waals surface area (Å²) in [6.45, 7) is 4.63. The molecule has 1 aliphatic heterocycles. The van der Waals surface area contributed by atoms with Crippen LogP contribution in [0.2, 0.25) is 0 Å². The molecular formula is C17H19N3O. The molecule has 1 amide bonds. The van der Waals surface area contributed by atoms with Gasteiger partial charge in [0, 0.05) is 12.2 Å². The van der Waals surface area contributed by atoms with Gasteiger partial charge in [0.1, 0.15) is 6.04 Å². The molecule has 3 N–H and O–H groups in total. The van der Waals surface area contributed by atoms with Gasteiger partial charge in [0.25, 0.3) is 0 Å². The monoisotopic (exact) mass is 281 g/mol. The molecule has 108 valence electrons. The van der Waals surface area contributed by atoms with E-state index in [2.05, 4.69) is 22.0 Å². The maximum absolute atomic E-state index is 12.4. The summed E-state index contributed by atoms with van der Waals surface area (Å²) in [4.78, 5) is 12.4. The van der Waals surface area contributed by atoms with Crippen LogP contribution in [0.15, 0.2) is 42.5 Å². The average Bonchev–Trinajstić information content (AvgIpc) is 2.45. The molecule has 1 aliphatic rings. The Morgan fingerprint density at radius 3 is 2.48 bits per heavy atom. The van der Waals surface area contributed by atoms with Crippen LogP contribution < -0.4 is 16.0 Å². The van der Waals surface area contributed by atoms with E-state index >= 15 is 0 Å². The molecule has 0 saturated carbocycles. The molecule has 0 aromatic heterocycles. The molecule has 0 saturated heterocycles. The number of fused-ring (bicyclic) bond motifs is 1. The number of carbonyl (C=O) groups is 1. The van der Waals surface area contributed by atoms with E-state index in [4.69, 9.17) is 0 Å². The van der Waals surface area contributed by atoms with Crippen molar-refractivity contribution in [1.29, 1.82) is 0 Å². The lowest BCUT2D eigenvalue weighted by Gasteiger charge is -2.27. The minimum absolute atomic E-state index is 0.0259. The zero-order valence-corrected chi connectivity index (χ0v) is 12.2. The van der Waals surface area contributed by atoms with Crippen LogP contribution >= 0.6 is 0 Å². The lowest BCUT2D eigenvalue weighted by Crippen LogP contribution is -2.42. The fourth-order valence-electron chi connectivity index (χ4n) is 2.65. The minimum atomic E-state index is -0.277. The number of aryl methyl sites for hydroxylation is 2. The summed E-state index contributed by atoms with van der Waals surface area (Å²) in [5, 5.41) is 9.53. The largest absolute Gasteiger partial charge is 0.381 e. The van der Waals surface area contributed by atoms with Gasteiger partial charge in [0.2, 0.25) is 5.91 Å². The van der Waals surface area contributed by atoms with Crippen LogP contribution in [-0.2, 0) is 4.79 Å². The maximum atomic E-state index is 12.4. The number of benzene rings is 2. The first-order valence-corrected chi connectivity index (χ1v) is 7.10. The lowest BCUT2D eigenvalue weighted by molar-refractivity contribution is -0.116. The second-order valence-electron chi connectivity index (χ2n) is 5.49. The van der Waals surface area contributed by atoms with Crippen molar-refractivity contribution in [2.75, 3.05) is 22.5 Å². The molecule has 0 bridgehead atoms. The molecule has 0 radical (unpaired) electrons. The summed E-state index contributed by atoms with van der Waals surface area (Å²) in [5.41, 5.74) is 5.13. The van der Waals surface area contributed by atoms with Crippen LogP contribution in [0.25, 0.3) is 0 Å². The predicted molar refractivity (Wildman–Crippen MR) is 86.9 cm³/mol. The first-order valence-electron chi connectivity index (χ1n) is 7.10. The number of rotatable bonds is 2. The standard InChI is InChI=1S/C17H19N3O/c1-11-7-12(2)9-13(8-11)19-17(21)16-10-18-14-5-3-4-6-15(14)20-16/h3-9,16,18,20H,10H2,1-2H3,(H,19,21). The number of nitrogens with one attached hydrogen (secondary N) is 3. The molecule has 0 aliphatic carbocycles. The Hall–Kier alpha value is -2.49. The Labute approximate surface area is 124 Å². The van der Waals surface area contributed by atoms with E-state index in [-0.39, 0.29) is 11.9 Å². The fourth-order valence-corrected chi connectivity index (χ4v) is 2.65. The first kappa shape index (κ1) is 13.5. The highest BCUT2D eigenvalue weighted by molar-refractivity contribution is 5.98. The fraction of sp³-hybridized carbons (Fsp3) is 0.235. The Balaban J connectivity index is 1.72. The molecule has 0 fully saturated rings. The topological polar surface area (TPSA) is 53.2 Å². The number of hydrogen-bond acceptors (Lipinski definition) is 3. The van der Waals surface area contributed by atoms with Crippen molar-refractivity contribution in [2.24, 2.45) is 0 Å². The molecule has 3 rings (SSSR count). The Morgan fingerprint density at radius 2 is 1.76 bits per heavy atom. The van der Waals surface area contributed by atoms with Gasteiger partial charge in [-0.05, 0) is 49.2 Å². The van der Waals surface area contributed by atoms with Crippen molar-refractivity contribution in [3.63, 3.8) is 0 Å². The molecule has 0 spiro atoms.